The van der Waals surface area contributed by atoms with Crippen molar-refractivity contribution in [3.05, 3.63) is 0 Å². The Morgan fingerprint density at radius 1 is 1.27 bits per heavy atom. The second kappa shape index (κ2) is 4.10. The van der Waals surface area contributed by atoms with E-state index in [2.05, 4.69) is 26.1 Å². The maximum Gasteiger partial charge on any atom is 0.00104 e. The molecule has 2 unspecified atom stereocenters. The summed E-state index contributed by atoms with van der Waals surface area (Å²) < 4.78 is 0. The molecular weight excluding hydrogens is 134 g/mol. The van der Waals surface area contributed by atoms with Crippen LogP contribution in [0.4, 0.5) is 0 Å². The molecule has 0 aromatic rings. The first-order valence-electron chi connectivity index (χ1n) is 4.97. The summed E-state index contributed by atoms with van der Waals surface area (Å²) in [6.07, 6.45) is 4.31. The summed E-state index contributed by atoms with van der Waals surface area (Å²) in [5, 5.41) is 3.51. The number of rotatable bonds is 4. The molecular formula is C10H21N. The minimum atomic E-state index is 0.660. The minimum Gasteiger partial charge on any atom is -0.314 e. The Morgan fingerprint density at radius 2 is 1.91 bits per heavy atom. The summed E-state index contributed by atoms with van der Waals surface area (Å²) in [7, 11) is 0. The Morgan fingerprint density at radius 3 is 2.27 bits per heavy atom. The van der Waals surface area contributed by atoms with E-state index in [1.807, 2.05) is 0 Å². The highest BCUT2D eigenvalue weighted by Gasteiger charge is 2.28. The van der Waals surface area contributed by atoms with Gasteiger partial charge in [-0.25, -0.2) is 0 Å². The molecule has 1 aliphatic rings. The van der Waals surface area contributed by atoms with Gasteiger partial charge in [0.05, 0.1) is 0 Å². The van der Waals surface area contributed by atoms with Crippen LogP contribution in [0.15, 0.2) is 0 Å². The average Bonchev–Trinajstić information content (AvgIpc) is 1.86. The molecule has 1 heteroatoms. The molecule has 11 heavy (non-hydrogen) atoms. The number of hydrogen-bond donors (Lipinski definition) is 1. The van der Waals surface area contributed by atoms with Crippen molar-refractivity contribution >= 4 is 0 Å². The number of hydrogen-bond acceptors (Lipinski definition) is 1. The molecule has 0 heterocycles. The average molecular weight is 155 g/mol. The normalized spacial score (nSPS) is 30.5. The molecule has 0 radical (unpaired) electrons. The highest BCUT2D eigenvalue weighted by Crippen LogP contribution is 2.35. The maximum atomic E-state index is 3.51. The van der Waals surface area contributed by atoms with Crippen molar-refractivity contribution in [3.8, 4) is 0 Å². The molecule has 2 atom stereocenters. The molecule has 0 saturated heterocycles. The lowest BCUT2D eigenvalue weighted by molar-refractivity contribution is 0.163. The lowest BCUT2D eigenvalue weighted by Gasteiger charge is -2.36. The van der Waals surface area contributed by atoms with Crippen molar-refractivity contribution < 1.29 is 0 Å². The smallest absolute Gasteiger partial charge is 0.00104 e. The standard InChI is InChI=1S/C10H21N/c1-4-9-5-6-10(9)7-11-8(2)3/h8-11H,4-7H2,1-3H3. The third-order valence-electron chi connectivity index (χ3n) is 2.89. The van der Waals surface area contributed by atoms with Crippen LogP contribution in [0.3, 0.4) is 0 Å². The Hall–Kier alpha value is -0.0400. The first kappa shape index (κ1) is 9.05. The minimum absolute atomic E-state index is 0.660. The fraction of sp³-hybridized carbons (Fsp3) is 1.00. The van der Waals surface area contributed by atoms with Crippen LogP contribution in [0, 0.1) is 11.8 Å². The predicted octanol–water partition coefficient (Wildman–Crippen LogP) is 2.42. The fourth-order valence-electron chi connectivity index (χ4n) is 1.83. The van der Waals surface area contributed by atoms with Crippen molar-refractivity contribution in [2.24, 2.45) is 11.8 Å². The topological polar surface area (TPSA) is 12.0 Å². The van der Waals surface area contributed by atoms with Crippen LogP contribution >= 0.6 is 0 Å². The molecule has 1 fully saturated rings. The number of nitrogens with one attached hydrogen (secondary N) is 1. The zero-order valence-corrected chi connectivity index (χ0v) is 8.06. The quantitative estimate of drug-likeness (QED) is 0.657. The van der Waals surface area contributed by atoms with Gasteiger partial charge in [-0.1, -0.05) is 27.2 Å². The summed E-state index contributed by atoms with van der Waals surface area (Å²) >= 11 is 0. The largest absolute Gasteiger partial charge is 0.314 e. The van der Waals surface area contributed by atoms with Gasteiger partial charge in [0, 0.05) is 6.04 Å². The third-order valence-corrected chi connectivity index (χ3v) is 2.89. The molecule has 0 aromatic carbocycles. The molecule has 0 amide bonds. The van der Waals surface area contributed by atoms with Gasteiger partial charge in [-0.3, -0.25) is 0 Å². The lowest BCUT2D eigenvalue weighted by Crippen LogP contribution is -2.37. The van der Waals surface area contributed by atoms with E-state index in [1.165, 1.54) is 25.8 Å². The first-order chi connectivity index (χ1) is 5.24. The van der Waals surface area contributed by atoms with Gasteiger partial charge in [-0.05, 0) is 31.2 Å². The molecule has 1 nitrogen and oxygen atoms in total. The van der Waals surface area contributed by atoms with E-state index in [-0.39, 0.29) is 0 Å². The summed E-state index contributed by atoms with van der Waals surface area (Å²) in [5.41, 5.74) is 0. The third kappa shape index (κ3) is 2.48. The van der Waals surface area contributed by atoms with Gasteiger partial charge in [0.25, 0.3) is 0 Å². The monoisotopic (exact) mass is 155 g/mol. The van der Waals surface area contributed by atoms with E-state index < -0.39 is 0 Å². The molecule has 1 rings (SSSR count). The van der Waals surface area contributed by atoms with Gasteiger partial charge in [-0.15, -0.1) is 0 Å². The van der Waals surface area contributed by atoms with Gasteiger partial charge in [0.1, 0.15) is 0 Å². The van der Waals surface area contributed by atoms with Gasteiger partial charge in [-0.2, -0.15) is 0 Å². The SMILES string of the molecule is CCC1CCC1CNC(C)C. The zero-order chi connectivity index (χ0) is 8.27. The van der Waals surface area contributed by atoms with E-state index in [1.54, 1.807) is 0 Å². The lowest BCUT2D eigenvalue weighted by atomic mass is 9.72. The van der Waals surface area contributed by atoms with Crippen LogP contribution < -0.4 is 5.32 Å². The summed E-state index contributed by atoms with van der Waals surface area (Å²) in [5.74, 6) is 2.02. The second-order valence-electron chi connectivity index (χ2n) is 4.07. The molecule has 0 spiro atoms. The van der Waals surface area contributed by atoms with Gasteiger partial charge in [0.15, 0.2) is 0 Å². The highest BCUT2D eigenvalue weighted by atomic mass is 14.9. The summed E-state index contributed by atoms with van der Waals surface area (Å²) in [6, 6.07) is 0.660. The van der Waals surface area contributed by atoms with E-state index in [4.69, 9.17) is 0 Å². The van der Waals surface area contributed by atoms with Crippen molar-refractivity contribution in [1.29, 1.82) is 0 Å². The van der Waals surface area contributed by atoms with Gasteiger partial charge in [0.2, 0.25) is 0 Å². The molecule has 0 aliphatic heterocycles. The molecule has 0 aromatic heterocycles. The highest BCUT2D eigenvalue weighted by molar-refractivity contribution is 4.81. The molecule has 1 saturated carbocycles. The van der Waals surface area contributed by atoms with Gasteiger partial charge >= 0.3 is 0 Å². The van der Waals surface area contributed by atoms with Crippen LogP contribution in [0.25, 0.3) is 0 Å². The summed E-state index contributed by atoms with van der Waals surface area (Å²) in [4.78, 5) is 0. The van der Waals surface area contributed by atoms with E-state index in [0.29, 0.717) is 6.04 Å². The Kier molecular flexibility index (Phi) is 3.38. The second-order valence-corrected chi connectivity index (χ2v) is 4.07. The van der Waals surface area contributed by atoms with Crippen LogP contribution in [0.2, 0.25) is 0 Å². The van der Waals surface area contributed by atoms with Crippen molar-refractivity contribution in [1.82, 2.24) is 5.32 Å². The Labute approximate surface area is 70.6 Å². The van der Waals surface area contributed by atoms with E-state index >= 15 is 0 Å². The van der Waals surface area contributed by atoms with E-state index in [0.717, 1.165) is 11.8 Å². The Balaban J connectivity index is 2.07. The maximum absolute atomic E-state index is 3.51. The van der Waals surface area contributed by atoms with Crippen LogP contribution in [0.5, 0.6) is 0 Å². The van der Waals surface area contributed by atoms with Crippen molar-refractivity contribution in [2.45, 2.75) is 46.1 Å². The van der Waals surface area contributed by atoms with Crippen LogP contribution in [0.1, 0.15) is 40.0 Å². The molecule has 1 aliphatic carbocycles. The molecule has 66 valence electrons. The molecule has 0 bridgehead atoms. The summed E-state index contributed by atoms with van der Waals surface area (Å²) in [6.45, 7) is 8.00. The first-order valence-corrected chi connectivity index (χ1v) is 4.97. The Bertz CT molecular complexity index is 107. The van der Waals surface area contributed by atoms with Crippen LogP contribution in [-0.2, 0) is 0 Å². The van der Waals surface area contributed by atoms with Crippen molar-refractivity contribution in [2.75, 3.05) is 6.54 Å². The van der Waals surface area contributed by atoms with Crippen LogP contribution in [-0.4, -0.2) is 12.6 Å². The van der Waals surface area contributed by atoms with Crippen molar-refractivity contribution in [3.63, 3.8) is 0 Å². The predicted molar refractivity (Wildman–Crippen MR) is 49.6 cm³/mol. The van der Waals surface area contributed by atoms with E-state index in [9.17, 15) is 0 Å². The molecule has 1 N–H and O–H groups in total. The zero-order valence-electron chi connectivity index (χ0n) is 8.06. The fourth-order valence-corrected chi connectivity index (χ4v) is 1.83. The van der Waals surface area contributed by atoms with Gasteiger partial charge < -0.3 is 5.32 Å².